The van der Waals surface area contributed by atoms with Crippen molar-refractivity contribution < 1.29 is 23.9 Å². The number of ether oxygens (including phenoxy) is 1. The van der Waals surface area contributed by atoms with E-state index >= 15 is 0 Å². The molecule has 1 atom stereocenters. The molecule has 0 aromatic heterocycles. The maximum Gasteiger partial charge on any atom is 0.339 e. The molecule has 0 amide bonds. The molecule has 4 aromatic carbocycles. The Labute approximate surface area is 181 Å². The van der Waals surface area contributed by atoms with Crippen molar-refractivity contribution >= 4 is 44.3 Å². The number of fused-ring (bicyclic) bond motifs is 3. The van der Waals surface area contributed by atoms with Gasteiger partial charge >= 0.3 is 11.9 Å². The molecule has 0 aliphatic heterocycles. The van der Waals surface area contributed by atoms with Crippen molar-refractivity contribution in [3.8, 4) is 0 Å². The number of aliphatic carboxylic acids is 1. The molecule has 0 heterocycles. The standard InChI is InChI=1S/C26H25NO4/c1-27(2,3)16-22(15-25(28)29)31-26(30)23-10-6-9-19-13-20-11-17-7-4-5-8-18(17)12-21(20)14-24(19)23/h4-14,22H,15-16H2,1-3H3/p+1. The molecule has 158 valence electrons. The summed E-state index contributed by atoms with van der Waals surface area (Å²) in [6, 6.07) is 22.1. The first-order chi connectivity index (χ1) is 14.7. The van der Waals surface area contributed by atoms with E-state index in [1.807, 2.05) is 51.5 Å². The number of carboxylic acid groups (broad SMARTS) is 1. The van der Waals surface area contributed by atoms with Gasteiger partial charge in [-0.1, -0.05) is 36.4 Å². The van der Waals surface area contributed by atoms with Gasteiger partial charge in [0.2, 0.25) is 0 Å². The molecule has 31 heavy (non-hydrogen) atoms. The van der Waals surface area contributed by atoms with Crippen LogP contribution in [0, 0.1) is 0 Å². The van der Waals surface area contributed by atoms with Crippen molar-refractivity contribution in [2.75, 3.05) is 27.7 Å². The molecule has 0 saturated carbocycles. The number of benzene rings is 4. The number of carboxylic acids is 1. The zero-order chi connectivity index (χ0) is 22.2. The molecule has 0 saturated heterocycles. The molecule has 0 spiro atoms. The summed E-state index contributed by atoms with van der Waals surface area (Å²) in [6.45, 7) is 0.414. The number of likely N-dealkylation sites (N-methyl/N-ethyl adjacent to an activating group) is 1. The Balaban J connectivity index is 1.75. The summed E-state index contributed by atoms with van der Waals surface area (Å²) in [5.74, 6) is -1.48. The number of quaternary nitrogens is 1. The predicted octanol–water partition coefficient (Wildman–Crippen LogP) is 4.85. The number of rotatable bonds is 6. The van der Waals surface area contributed by atoms with Gasteiger partial charge in [0, 0.05) is 0 Å². The van der Waals surface area contributed by atoms with Crippen LogP contribution >= 0.6 is 0 Å². The van der Waals surface area contributed by atoms with Crippen molar-refractivity contribution in [3.05, 3.63) is 72.3 Å². The van der Waals surface area contributed by atoms with E-state index in [1.54, 1.807) is 6.07 Å². The van der Waals surface area contributed by atoms with Gasteiger partial charge in [0.25, 0.3) is 0 Å². The van der Waals surface area contributed by atoms with Crippen LogP contribution in [0.15, 0.2) is 66.7 Å². The highest BCUT2D eigenvalue weighted by molar-refractivity contribution is 6.11. The quantitative estimate of drug-likeness (QED) is 0.277. The third-order valence-electron chi connectivity index (χ3n) is 5.35. The molecule has 4 rings (SSSR count). The van der Waals surface area contributed by atoms with Crippen LogP contribution in [0.1, 0.15) is 16.8 Å². The van der Waals surface area contributed by atoms with Gasteiger partial charge in [-0.25, -0.2) is 4.79 Å². The summed E-state index contributed by atoms with van der Waals surface area (Å²) in [5, 5.41) is 15.4. The second kappa shape index (κ2) is 8.00. The molecule has 0 fully saturated rings. The second-order valence-corrected chi connectivity index (χ2v) is 9.02. The van der Waals surface area contributed by atoms with Crippen LogP contribution in [-0.4, -0.2) is 55.3 Å². The summed E-state index contributed by atoms with van der Waals surface area (Å²) >= 11 is 0. The first-order valence-corrected chi connectivity index (χ1v) is 10.3. The Morgan fingerprint density at radius 3 is 2.03 bits per heavy atom. The number of hydrogen-bond donors (Lipinski definition) is 1. The molecule has 1 unspecified atom stereocenters. The number of nitrogens with zero attached hydrogens (tertiary/aromatic N) is 1. The van der Waals surface area contributed by atoms with Crippen molar-refractivity contribution in [2.24, 2.45) is 0 Å². The maximum absolute atomic E-state index is 13.1. The number of carbonyl (C=O) groups is 2. The molecule has 5 heteroatoms. The average Bonchev–Trinajstić information content (AvgIpc) is 2.68. The Hall–Kier alpha value is -3.44. The van der Waals surface area contributed by atoms with Crippen LogP contribution in [0.5, 0.6) is 0 Å². The minimum absolute atomic E-state index is 0.221. The molecule has 0 radical (unpaired) electrons. The first-order valence-electron chi connectivity index (χ1n) is 10.3. The van der Waals surface area contributed by atoms with Crippen molar-refractivity contribution in [1.82, 2.24) is 0 Å². The molecule has 0 aliphatic rings. The highest BCUT2D eigenvalue weighted by Gasteiger charge is 2.26. The molecular formula is C26H26NO4+. The summed E-state index contributed by atoms with van der Waals surface area (Å²) in [5.41, 5.74) is 0.448. The molecular weight excluding hydrogens is 390 g/mol. The summed E-state index contributed by atoms with van der Waals surface area (Å²) in [7, 11) is 5.82. The number of esters is 1. The lowest BCUT2D eigenvalue weighted by Gasteiger charge is -2.28. The third kappa shape index (κ3) is 4.67. The van der Waals surface area contributed by atoms with E-state index in [-0.39, 0.29) is 6.42 Å². The highest BCUT2D eigenvalue weighted by Crippen LogP contribution is 2.29. The van der Waals surface area contributed by atoms with E-state index in [1.165, 1.54) is 5.39 Å². The number of hydrogen-bond acceptors (Lipinski definition) is 3. The highest BCUT2D eigenvalue weighted by atomic mass is 16.5. The SMILES string of the molecule is C[N+](C)(C)CC(CC(=O)O)OC(=O)c1cccc2cc3cc4ccccc4cc3cc12. The van der Waals surface area contributed by atoms with Gasteiger partial charge in [-0.15, -0.1) is 0 Å². The fourth-order valence-electron chi connectivity index (χ4n) is 4.06. The zero-order valence-electron chi connectivity index (χ0n) is 18.0. The van der Waals surface area contributed by atoms with Crippen LogP contribution < -0.4 is 0 Å². The largest absolute Gasteiger partial charge is 0.481 e. The van der Waals surface area contributed by atoms with Crippen LogP contribution in [-0.2, 0) is 9.53 Å². The lowest BCUT2D eigenvalue weighted by molar-refractivity contribution is -0.873. The van der Waals surface area contributed by atoms with E-state index in [9.17, 15) is 14.7 Å². The van der Waals surface area contributed by atoms with E-state index in [4.69, 9.17) is 4.74 Å². The Morgan fingerprint density at radius 1 is 0.839 bits per heavy atom. The van der Waals surface area contributed by atoms with Crippen LogP contribution in [0.25, 0.3) is 32.3 Å². The Morgan fingerprint density at radius 2 is 1.42 bits per heavy atom. The van der Waals surface area contributed by atoms with E-state index in [2.05, 4.69) is 30.3 Å². The van der Waals surface area contributed by atoms with Crippen LogP contribution in [0.4, 0.5) is 0 Å². The molecule has 4 aromatic rings. The van der Waals surface area contributed by atoms with Crippen molar-refractivity contribution in [1.29, 1.82) is 0 Å². The van der Waals surface area contributed by atoms with Gasteiger partial charge in [-0.05, 0) is 62.6 Å². The van der Waals surface area contributed by atoms with Crippen molar-refractivity contribution in [2.45, 2.75) is 12.5 Å². The Kier molecular flexibility index (Phi) is 5.38. The molecule has 5 nitrogen and oxygen atoms in total. The Bertz CT molecular complexity index is 1300. The van der Waals surface area contributed by atoms with Gasteiger partial charge in [-0.3, -0.25) is 4.79 Å². The third-order valence-corrected chi connectivity index (χ3v) is 5.35. The lowest BCUT2D eigenvalue weighted by Crippen LogP contribution is -2.43. The van der Waals surface area contributed by atoms with Gasteiger partial charge in [0.1, 0.15) is 6.54 Å². The number of carbonyl (C=O) groups excluding carboxylic acids is 1. The summed E-state index contributed by atoms with van der Waals surface area (Å²) < 4.78 is 6.18. The minimum Gasteiger partial charge on any atom is -0.481 e. The monoisotopic (exact) mass is 416 g/mol. The zero-order valence-corrected chi connectivity index (χ0v) is 18.0. The summed E-state index contributed by atoms with van der Waals surface area (Å²) in [4.78, 5) is 24.3. The van der Waals surface area contributed by atoms with Gasteiger partial charge in [-0.2, -0.15) is 0 Å². The van der Waals surface area contributed by atoms with E-state index in [0.29, 0.717) is 16.6 Å². The molecule has 0 aliphatic carbocycles. The molecule has 0 bridgehead atoms. The van der Waals surface area contributed by atoms with E-state index in [0.717, 1.165) is 26.9 Å². The van der Waals surface area contributed by atoms with Crippen molar-refractivity contribution in [3.63, 3.8) is 0 Å². The van der Waals surface area contributed by atoms with Gasteiger partial charge in [0.05, 0.1) is 33.1 Å². The second-order valence-electron chi connectivity index (χ2n) is 9.02. The maximum atomic E-state index is 13.1. The van der Waals surface area contributed by atoms with Crippen LogP contribution in [0.2, 0.25) is 0 Å². The topological polar surface area (TPSA) is 63.6 Å². The summed E-state index contributed by atoms with van der Waals surface area (Å²) in [6.07, 6.45) is -0.925. The normalized spacial score (nSPS) is 12.9. The first kappa shape index (κ1) is 20.8. The fourth-order valence-corrected chi connectivity index (χ4v) is 4.06. The predicted molar refractivity (Wildman–Crippen MR) is 123 cm³/mol. The van der Waals surface area contributed by atoms with E-state index < -0.39 is 18.0 Å². The molecule has 1 N–H and O–H groups in total. The van der Waals surface area contributed by atoms with Gasteiger partial charge < -0.3 is 14.3 Å². The minimum atomic E-state index is -0.984. The van der Waals surface area contributed by atoms with Gasteiger partial charge in [0.15, 0.2) is 6.10 Å². The van der Waals surface area contributed by atoms with Crippen LogP contribution in [0.3, 0.4) is 0 Å². The average molecular weight is 416 g/mol. The fraction of sp³-hybridized carbons (Fsp3) is 0.231. The lowest BCUT2D eigenvalue weighted by atomic mass is 9.97. The smallest absolute Gasteiger partial charge is 0.339 e.